The lowest BCUT2D eigenvalue weighted by Gasteiger charge is -2.18. The molecule has 0 heterocycles. The van der Waals surface area contributed by atoms with E-state index in [1.807, 2.05) is 6.92 Å². The average Bonchev–Trinajstić information content (AvgIpc) is 2.36. The minimum atomic E-state index is -1.04. The van der Waals surface area contributed by atoms with Crippen LogP contribution in [0, 0.1) is 5.92 Å². The molecule has 0 aromatic heterocycles. The molecule has 0 saturated heterocycles. The zero-order valence-electron chi connectivity index (χ0n) is 11.3. The van der Waals surface area contributed by atoms with Crippen molar-refractivity contribution in [1.82, 2.24) is 5.32 Å². The van der Waals surface area contributed by atoms with Gasteiger partial charge in [-0.15, -0.1) is 0 Å². The van der Waals surface area contributed by atoms with Crippen LogP contribution in [0.2, 0.25) is 0 Å². The summed E-state index contributed by atoms with van der Waals surface area (Å²) in [5.41, 5.74) is 0.344. The summed E-state index contributed by atoms with van der Waals surface area (Å²) in [6.07, 6.45) is 0. The molecule has 0 aliphatic carbocycles. The number of nitrogens with one attached hydrogen (secondary N) is 1. The average molecular weight is 265 g/mol. The van der Waals surface area contributed by atoms with Crippen LogP contribution in [-0.2, 0) is 4.79 Å². The van der Waals surface area contributed by atoms with Crippen molar-refractivity contribution in [2.24, 2.45) is 5.92 Å². The number of amides is 1. The Labute approximate surface area is 112 Å². The molecule has 0 unspecified atom stereocenters. The third-order valence-electron chi connectivity index (χ3n) is 2.65. The van der Waals surface area contributed by atoms with Crippen molar-refractivity contribution in [3.63, 3.8) is 0 Å². The van der Waals surface area contributed by atoms with E-state index in [0.29, 0.717) is 17.9 Å². The highest BCUT2D eigenvalue weighted by molar-refractivity contribution is 5.98. The van der Waals surface area contributed by atoms with Crippen LogP contribution >= 0.6 is 0 Å². The molecule has 0 radical (unpaired) electrons. The Morgan fingerprint density at radius 2 is 1.95 bits per heavy atom. The van der Waals surface area contributed by atoms with Gasteiger partial charge in [-0.05, 0) is 25.0 Å². The van der Waals surface area contributed by atoms with Crippen LogP contribution in [0.4, 0.5) is 0 Å². The predicted octanol–water partition coefficient (Wildman–Crippen LogP) is 1.92. The number of hydrogen-bond donors (Lipinski definition) is 2. The third kappa shape index (κ3) is 3.98. The second-order valence-corrected chi connectivity index (χ2v) is 4.46. The quantitative estimate of drug-likeness (QED) is 0.824. The molecule has 1 rings (SSSR count). The number of ether oxygens (including phenoxy) is 1. The van der Waals surface area contributed by atoms with Crippen molar-refractivity contribution in [1.29, 1.82) is 0 Å². The highest BCUT2D eigenvalue weighted by atomic mass is 16.5. The molecule has 0 fully saturated rings. The number of benzene rings is 1. The van der Waals surface area contributed by atoms with E-state index in [1.54, 1.807) is 38.1 Å². The maximum absolute atomic E-state index is 12.1. The molecule has 104 valence electrons. The van der Waals surface area contributed by atoms with E-state index in [4.69, 9.17) is 9.84 Å². The molecule has 0 spiro atoms. The summed E-state index contributed by atoms with van der Waals surface area (Å²) in [6, 6.07) is 5.85. The first-order valence-corrected chi connectivity index (χ1v) is 6.22. The Hall–Kier alpha value is -2.04. The first-order chi connectivity index (χ1) is 8.97. The molecule has 1 aromatic carbocycles. The maximum atomic E-state index is 12.1. The number of carboxylic acids is 1. The molecule has 5 nitrogen and oxygen atoms in total. The third-order valence-corrected chi connectivity index (χ3v) is 2.65. The van der Waals surface area contributed by atoms with E-state index in [1.165, 1.54) is 0 Å². The highest BCUT2D eigenvalue weighted by Crippen LogP contribution is 2.18. The Kier molecular flexibility index (Phi) is 5.36. The summed E-state index contributed by atoms with van der Waals surface area (Å²) in [7, 11) is 0. The molecule has 0 aliphatic rings. The van der Waals surface area contributed by atoms with Crippen molar-refractivity contribution in [2.75, 3.05) is 6.61 Å². The van der Waals surface area contributed by atoms with Crippen molar-refractivity contribution >= 4 is 11.9 Å². The van der Waals surface area contributed by atoms with Gasteiger partial charge in [-0.2, -0.15) is 0 Å². The van der Waals surface area contributed by atoms with Crippen LogP contribution < -0.4 is 10.1 Å². The monoisotopic (exact) mass is 265 g/mol. The van der Waals surface area contributed by atoms with Gasteiger partial charge >= 0.3 is 5.97 Å². The minimum absolute atomic E-state index is 0.194. The number of para-hydroxylation sites is 1. The van der Waals surface area contributed by atoms with Gasteiger partial charge in [-0.3, -0.25) is 4.79 Å². The van der Waals surface area contributed by atoms with Gasteiger partial charge in [0.15, 0.2) is 0 Å². The first kappa shape index (κ1) is 15.0. The largest absolute Gasteiger partial charge is 0.493 e. The van der Waals surface area contributed by atoms with Gasteiger partial charge in [0.1, 0.15) is 11.8 Å². The number of rotatable bonds is 6. The van der Waals surface area contributed by atoms with Gasteiger partial charge in [0.2, 0.25) is 0 Å². The SMILES string of the molecule is CCOc1ccccc1C(=O)N[C@H](C(=O)O)C(C)C. The Bertz CT molecular complexity index is 457. The standard InChI is InChI=1S/C14H19NO4/c1-4-19-11-8-6-5-7-10(11)13(16)15-12(9(2)3)14(17)18/h5-9,12H,4H2,1-3H3,(H,15,16)(H,17,18)/t12-/m0/s1. The van der Waals surface area contributed by atoms with Gasteiger partial charge in [-0.1, -0.05) is 26.0 Å². The fraction of sp³-hybridized carbons (Fsp3) is 0.429. The second kappa shape index (κ2) is 6.78. The molecule has 2 N–H and O–H groups in total. The summed E-state index contributed by atoms with van der Waals surface area (Å²) in [5, 5.41) is 11.6. The Balaban J connectivity index is 2.91. The zero-order chi connectivity index (χ0) is 14.4. The van der Waals surface area contributed by atoms with Gasteiger partial charge in [0.25, 0.3) is 5.91 Å². The van der Waals surface area contributed by atoms with E-state index in [0.717, 1.165) is 0 Å². The van der Waals surface area contributed by atoms with Gasteiger partial charge in [0, 0.05) is 0 Å². The van der Waals surface area contributed by atoms with Crippen molar-refractivity contribution < 1.29 is 19.4 Å². The molecule has 19 heavy (non-hydrogen) atoms. The van der Waals surface area contributed by atoms with Crippen LogP contribution in [0.15, 0.2) is 24.3 Å². The fourth-order valence-corrected chi connectivity index (χ4v) is 1.67. The van der Waals surface area contributed by atoms with Gasteiger partial charge in [0.05, 0.1) is 12.2 Å². The lowest BCUT2D eigenvalue weighted by Crippen LogP contribution is -2.44. The molecule has 0 saturated carbocycles. The van der Waals surface area contributed by atoms with E-state index in [-0.39, 0.29) is 5.92 Å². The predicted molar refractivity (Wildman–Crippen MR) is 71.3 cm³/mol. The second-order valence-electron chi connectivity index (χ2n) is 4.46. The first-order valence-electron chi connectivity index (χ1n) is 6.22. The molecule has 1 aromatic rings. The zero-order valence-corrected chi connectivity index (χ0v) is 11.3. The maximum Gasteiger partial charge on any atom is 0.326 e. The summed E-state index contributed by atoms with van der Waals surface area (Å²) in [5.74, 6) is -1.22. The van der Waals surface area contributed by atoms with Crippen molar-refractivity contribution in [3.8, 4) is 5.75 Å². The van der Waals surface area contributed by atoms with Crippen LogP contribution in [0.1, 0.15) is 31.1 Å². The van der Waals surface area contributed by atoms with Gasteiger partial charge in [-0.25, -0.2) is 4.79 Å². The number of carbonyl (C=O) groups is 2. The molecule has 5 heteroatoms. The van der Waals surface area contributed by atoms with Gasteiger partial charge < -0.3 is 15.2 Å². The van der Waals surface area contributed by atoms with E-state index in [2.05, 4.69) is 5.32 Å². The van der Waals surface area contributed by atoms with E-state index >= 15 is 0 Å². The smallest absolute Gasteiger partial charge is 0.326 e. The summed E-state index contributed by atoms with van der Waals surface area (Å²) < 4.78 is 5.35. The van der Waals surface area contributed by atoms with Crippen LogP contribution in [0.25, 0.3) is 0 Å². The molecule has 1 amide bonds. The lowest BCUT2D eigenvalue weighted by molar-refractivity contribution is -0.140. The highest BCUT2D eigenvalue weighted by Gasteiger charge is 2.25. The minimum Gasteiger partial charge on any atom is -0.493 e. The number of hydrogen-bond acceptors (Lipinski definition) is 3. The van der Waals surface area contributed by atoms with Crippen molar-refractivity contribution in [3.05, 3.63) is 29.8 Å². The summed E-state index contributed by atoms with van der Waals surface area (Å²) >= 11 is 0. The van der Waals surface area contributed by atoms with Crippen molar-refractivity contribution in [2.45, 2.75) is 26.8 Å². The normalized spacial score (nSPS) is 12.0. The Morgan fingerprint density at radius 3 is 2.47 bits per heavy atom. The fourth-order valence-electron chi connectivity index (χ4n) is 1.67. The lowest BCUT2D eigenvalue weighted by atomic mass is 10.0. The van der Waals surface area contributed by atoms with Crippen LogP contribution in [-0.4, -0.2) is 29.6 Å². The topological polar surface area (TPSA) is 75.6 Å². The van der Waals surface area contributed by atoms with E-state index in [9.17, 15) is 9.59 Å². The number of carbonyl (C=O) groups excluding carboxylic acids is 1. The molecular formula is C14H19NO4. The van der Waals surface area contributed by atoms with E-state index < -0.39 is 17.9 Å². The number of aliphatic carboxylic acids is 1. The summed E-state index contributed by atoms with van der Waals surface area (Å²) in [6.45, 7) is 5.75. The summed E-state index contributed by atoms with van der Waals surface area (Å²) in [4.78, 5) is 23.2. The molecule has 0 aliphatic heterocycles. The molecular weight excluding hydrogens is 246 g/mol. The number of carboxylic acid groups (broad SMARTS) is 1. The molecule has 0 bridgehead atoms. The Morgan fingerprint density at radius 1 is 1.32 bits per heavy atom. The van der Waals surface area contributed by atoms with Crippen LogP contribution in [0.3, 0.4) is 0 Å². The van der Waals surface area contributed by atoms with Crippen LogP contribution in [0.5, 0.6) is 5.75 Å². The molecule has 1 atom stereocenters.